The molecule has 2 aromatic rings. The van der Waals surface area contributed by atoms with Crippen LogP contribution in [0, 0.1) is 0 Å². The summed E-state index contributed by atoms with van der Waals surface area (Å²) >= 11 is 7.49. The fourth-order valence-electron chi connectivity index (χ4n) is 2.54. The van der Waals surface area contributed by atoms with Gasteiger partial charge in [-0.1, -0.05) is 29.8 Å². The number of amidine groups is 1. The van der Waals surface area contributed by atoms with E-state index >= 15 is 0 Å². The van der Waals surface area contributed by atoms with Crippen molar-refractivity contribution >= 4 is 45.7 Å². The van der Waals surface area contributed by atoms with Gasteiger partial charge >= 0.3 is 0 Å². The van der Waals surface area contributed by atoms with Crippen molar-refractivity contribution in [2.75, 3.05) is 13.7 Å². The third-order valence-electron chi connectivity index (χ3n) is 4.01. The van der Waals surface area contributed by atoms with Gasteiger partial charge in [0.1, 0.15) is 5.75 Å². The highest BCUT2D eigenvalue weighted by Crippen LogP contribution is 2.38. The van der Waals surface area contributed by atoms with Gasteiger partial charge in [-0.15, -0.1) is 6.58 Å². The molecule has 0 aliphatic carbocycles. The molecule has 7 heteroatoms. The van der Waals surface area contributed by atoms with Gasteiger partial charge in [0.25, 0.3) is 5.91 Å². The predicted molar refractivity (Wildman–Crippen MR) is 111 cm³/mol. The van der Waals surface area contributed by atoms with E-state index in [1.54, 1.807) is 30.3 Å². The molecule has 5 nitrogen and oxygen atoms in total. The van der Waals surface area contributed by atoms with Gasteiger partial charge in [-0.05, 0) is 48.0 Å². The monoisotopic (exact) mass is 399 g/mol. The van der Waals surface area contributed by atoms with E-state index in [2.05, 4.69) is 16.6 Å². The number of rotatable bonds is 5. The Balaban J connectivity index is 2.01. The molecule has 0 bridgehead atoms. The van der Waals surface area contributed by atoms with Gasteiger partial charge in [-0.25, -0.2) is 4.99 Å². The van der Waals surface area contributed by atoms with E-state index in [1.165, 1.54) is 18.0 Å². The van der Waals surface area contributed by atoms with Gasteiger partial charge in [0.15, 0.2) is 5.17 Å². The van der Waals surface area contributed by atoms with E-state index < -0.39 is 0 Å². The van der Waals surface area contributed by atoms with E-state index in [0.717, 1.165) is 16.9 Å². The molecule has 1 saturated heterocycles. The summed E-state index contributed by atoms with van der Waals surface area (Å²) in [5.74, 6) is 0.668. The third kappa shape index (κ3) is 4.07. The topological polar surface area (TPSA) is 54.8 Å². The predicted octanol–water partition coefficient (Wildman–Crippen LogP) is 4.92. The van der Waals surface area contributed by atoms with Crippen LogP contribution in [-0.2, 0) is 4.79 Å². The molecule has 1 fully saturated rings. The standard InChI is InChI=1S/C20H18ClN3O2S/c1-4-11-24-19(25)18(13(2)14-5-7-15(26-3)8-6-14)27-20(24)23-17-9-10-22-12-16(17)21/h4-10,12H,1,11H2,2-3H3/b18-13-,23-20?. The minimum absolute atomic E-state index is 0.0999. The second kappa shape index (κ2) is 8.41. The lowest BCUT2D eigenvalue weighted by Gasteiger charge is -2.13. The number of halogens is 1. The zero-order valence-corrected chi connectivity index (χ0v) is 16.5. The maximum absolute atomic E-state index is 13.0. The Bertz CT molecular complexity index is 938. The van der Waals surface area contributed by atoms with Gasteiger partial charge in [0.05, 0.1) is 22.7 Å². The van der Waals surface area contributed by atoms with E-state index in [1.807, 2.05) is 31.2 Å². The van der Waals surface area contributed by atoms with E-state index in [9.17, 15) is 4.79 Å². The van der Waals surface area contributed by atoms with Gasteiger partial charge < -0.3 is 4.74 Å². The number of aromatic nitrogens is 1. The maximum Gasteiger partial charge on any atom is 0.267 e. The number of amides is 1. The minimum atomic E-state index is -0.0999. The van der Waals surface area contributed by atoms with Gasteiger partial charge in [-0.3, -0.25) is 14.7 Å². The lowest BCUT2D eigenvalue weighted by molar-refractivity contribution is -0.121. The smallest absolute Gasteiger partial charge is 0.267 e. The molecule has 27 heavy (non-hydrogen) atoms. The number of carbonyl (C=O) groups is 1. The highest BCUT2D eigenvalue weighted by molar-refractivity contribution is 8.18. The molecule has 0 unspecified atom stereocenters. The number of allylic oxidation sites excluding steroid dienone is 1. The van der Waals surface area contributed by atoms with Gasteiger partial charge in [-0.2, -0.15) is 0 Å². The van der Waals surface area contributed by atoms with Crippen molar-refractivity contribution in [3.8, 4) is 5.75 Å². The Kier molecular flexibility index (Phi) is 5.98. The number of ether oxygens (including phenoxy) is 1. The van der Waals surface area contributed by atoms with Crippen LogP contribution in [0.25, 0.3) is 5.57 Å². The molecule has 1 amide bonds. The number of hydrogen-bond acceptors (Lipinski definition) is 5. The summed E-state index contributed by atoms with van der Waals surface area (Å²) in [6.07, 6.45) is 4.82. The molecule has 0 N–H and O–H groups in total. The second-order valence-electron chi connectivity index (χ2n) is 5.71. The quantitative estimate of drug-likeness (QED) is 0.528. The Morgan fingerprint density at radius 1 is 1.37 bits per heavy atom. The third-order valence-corrected chi connectivity index (χ3v) is 5.48. The average Bonchev–Trinajstić information content (AvgIpc) is 2.99. The summed E-state index contributed by atoms with van der Waals surface area (Å²) in [6, 6.07) is 9.32. The number of carbonyl (C=O) groups excluding carboxylic acids is 1. The van der Waals surface area contributed by atoms with Crippen LogP contribution in [0.4, 0.5) is 5.69 Å². The number of methoxy groups -OCH3 is 1. The number of aliphatic imine (C=N–C) groups is 1. The van der Waals surface area contributed by atoms with Crippen LogP contribution in [0.15, 0.2) is 65.3 Å². The molecule has 0 spiro atoms. The zero-order valence-electron chi connectivity index (χ0n) is 15.0. The van der Waals surface area contributed by atoms with E-state index in [-0.39, 0.29) is 5.91 Å². The van der Waals surface area contributed by atoms with Crippen LogP contribution in [0.3, 0.4) is 0 Å². The summed E-state index contributed by atoms with van der Waals surface area (Å²) in [4.78, 5) is 23.7. The van der Waals surface area contributed by atoms with Crippen molar-refractivity contribution in [1.82, 2.24) is 9.88 Å². The molecule has 0 radical (unpaired) electrons. The number of hydrogen-bond donors (Lipinski definition) is 0. The molecule has 2 heterocycles. The summed E-state index contributed by atoms with van der Waals surface area (Å²) in [7, 11) is 1.62. The maximum atomic E-state index is 13.0. The molecular formula is C20H18ClN3O2S. The highest BCUT2D eigenvalue weighted by atomic mass is 35.5. The normalized spacial score (nSPS) is 17.4. The summed E-state index contributed by atoms with van der Waals surface area (Å²) in [5.41, 5.74) is 2.40. The first-order valence-corrected chi connectivity index (χ1v) is 9.38. The Labute approximate surface area is 167 Å². The van der Waals surface area contributed by atoms with Crippen molar-refractivity contribution in [1.29, 1.82) is 0 Å². The Morgan fingerprint density at radius 2 is 2.11 bits per heavy atom. The average molecular weight is 400 g/mol. The van der Waals surface area contributed by atoms with Crippen LogP contribution < -0.4 is 4.74 Å². The molecule has 1 aliphatic heterocycles. The Hall–Kier alpha value is -2.57. The number of benzene rings is 1. The molecule has 0 saturated carbocycles. The molecule has 1 aromatic carbocycles. The van der Waals surface area contributed by atoms with Crippen LogP contribution in [0.1, 0.15) is 12.5 Å². The fraction of sp³-hybridized carbons (Fsp3) is 0.150. The molecule has 3 rings (SSSR count). The first kappa shape index (κ1) is 19.2. The highest BCUT2D eigenvalue weighted by Gasteiger charge is 2.34. The first-order valence-electron chi connectivity index (χ1n) is 8.19. The van der Waals surface area contributed by atoms with Crippen LogP contribution in [-0.4, -0.2) is 34.6 Å². The number of thioether (sulfide) groups is 1. The van der Waals surface area contributed by atoms with Crippen LogP contribution in [0.5, 0.6) is 5.75 Å². The molecule has 1 aliphatic rings. The molecule has 1 aromatic heterocycles. The second-order valence-corrected chi connectivity index (χ2v) is 7.10. The van der Waals surface area contributed by atoms with Gasteiger partial charge in [0.2, 0.25) is 0 Å². The van der Waals surface area contributed by atoms with Crippen molar-refractivity contribution in [2.24, 2.45) is 4.99 Å². The van der Waals surface area contributed by atoms with E-state index in [4.69, 9.17) is 16.3 Å². The largest absolute Gasteiger partial charge is 0.497 e. The lowest BCUT2D eigenvalue weighted by Crippen LogP contribution is -2.29. The SMILES string of the molecule is C=CCN1C(=O)/C(=C(\C)c2ccc(OC)cc2)SC1=Nc1ccncc1Cl. The fourth-order valence-corrected chi connectivity index (χ4v) is 3.77. The van der Waals surface area contributed by atoms with Crippen LogP contribution >= 0.6 is 23.4 Å². The van der Waals surface area contributed by atoms with Gasteiger partial charge in [0, 0.05) is 18.9 Å². The number of pyridine rings is 1. The summed E-state index contributed by atoms with van der Waals surface area (Å²) in [5, 5.41) is 0.997. The molecular weight excluding hydrogens is 382 g/mol. The Morgan fingerprint density at radius 3 is 2.74 bits per heavy atom. The molecule has 0 atom stereocenters. The van der Waals surface area contributed by atoms with E-state index in [0.29, 0.717) is 27.3 Å². The minimum Gasteiger partial charge on any atom is -0.497 e. The molecule has 138 valence electrons. The lowest BCUT2D eigenvalue weighted by atomic mass is 10.1. The van der Waals surface area contributed by atoms with Crippen molar-refractivity contribution in [3.05, 3.63) is 70.9 Å². The first-order chi connectivity index (χ1) is 13.0. The van der Waals surface area contributed by atoms with Crippen molar-refractivity contribution in [2.45, 2.75) is 6.92 Å². The van der Waals surface area contributed by atoms with Crippen LogP contribution in [0.2, 0.25) is 5.02 Å². The summed E-state index contributed by atoms with van der Waals surface area (Å²) in [6.45, 7) is 6.04. The zero-order chi connectivity index (χ0) is 19.4. The summed E-state index contributed by atoms with van der Waals surface area (Å²) < 4.78 is 5.19. The number of nitrogens with zero attached hydrogens (tertiary/aromatic N) is 3. The van der Waals surface area contributed by atoms with Crippen molar-refractivity contribution < 1.29 is 9.53 Å². The van der Waals surface area contributed by atoms with Crippen molar-refractivity contribution in [3.63, 3.8) is 0 Å².